The second kappa shape index (κ2) is 10.8. The molecule has 7 heteroatoms. The zero-order valence-corrected chi connectivity index (χ0v) is 19.8. The Kier molecular flexibility index (Phi) is 7.11. The van der Waals surface area contributed by atoms with E-state index >= 15 is 0 Å². The molecule has 5 aromatic rings. The van der Waals surface area contributed by atoms with Gasteiger partial charge in [0.2, 0.25) is 0 Å². The number of fused-ring (bicyclic) bond motifs is 1. The number of halogens is 2. The molecule has 0 aliphatic carbocycles. The molecule has 0 spiro atoms. The summed E-state index contributed by atoms with van der Waals surface area (Å²) >= 11 is 0. The molecule has 0 atom stereocenters. The largest absolute Gasteiger partial charge is 0.382 e. The third-order valence-corrected chi connectivity index (χ3v) is 6.09. The highest BCUT2D eigenvalue weighted by molar-refractivity contribution is 6.08. The van der Waals surface area contributed by atoms with Crippen molar-refractivity contribution < 1.29 is 18.3 Å². The van der Waals surface area contributed by atoms with Gasteiger partial charge < -0.3 is 9.47 Å². The molecule has 0 saturated heterocycles. The van der Waals surface area contributed by atoms with Crippen molar-refractivity contribution in [1.82, 2.24) is 14.8 Å². The monoisotopic (exact) mass is 485 g/mol. The van der Waals surface area contributed by atoms with Gasteiger partial charge in [0.1, 0.15) is 11.6 Å². The Labute approximate surface area is 207 Å². The Morgan fingerprint density at radius 3 is 2.06 bits per heavy atom. The number of hydrogen-bond acceptors (Lipinski definition) is 4. The van der Waals surface area contributed by atoms with Crippen LogP contribution in [0.2, 0.25) is 0 Å². The van der Waals surface area contributed by atoms with E-state index in [2.05, 4.69) is 16.1 Å². The predicted octanol–water partition coefficient (Wildman–Crippen LogP) is 6.37. The Bertz CT molecular complexity index is 1450. The molecule has 36 heavy (non-hydrogen) atoms. The molecule has 2 aromatic heterocycles. The molecule has 0 saturated carbocycles. The fourth-order valence-electron chi connectivity index (χ4n) is 4.38. The molecule has 2 heterocycles. The summed E-state index contributed by atoms with van der Waals surface area (Å²) < 4.78 is 40.3. The van der Waals surface area contributed by atoms with Crippen LogP contribution in [0.15, 0.2) is 85.3 Å². The molecule has 0 bridgehead atoms. The Morgan fingerprint density at radius 2 is 1.39 bits per heavy atom. The first-order chi connectivity index (χ1) is 17.7. The Balaban J connectivity index is 1.75. The topological polar surface area (TPSA) is 49.2 Å². The second-order valence-corrected chi connectivity index (χ2v) is 8.33. The van der Waals surface area contributed by atoms with Gasteiger partial charge in [-0.15, -0.1) is 0 Å². The molecular weight excluding hydrogens is 460 g/mol. The number of hydrogen-bond donors (Lipinski definition) is 0. The van der Waals surface area contributed by atoms with Crippen LogP contribution >= 0.6 is 0 Å². The normalized spacial score (nSPS) is 11.3. The van der Waals surface area contributed by atoms with Gasteiger partial charge in [-0.3, -0.25) is 9.67 Å². The molecule has 0 aliphatic heterocycles. The van der Waals surface area contributed by atoms with Crippen LogP contribution in [-0.4, -0.2) is 41.7 Å². The molecule has 0 aliphatic rings. The highest BCUT2D eigenvalue weighted by Gasteiger charge is 2.21. The zero-order valence-electron chi connectivity index (χ0n) is 19.8. The maximum absolute atomic E-state index is 13.9. The molecule has 182 valence electrons. The first-order valence-electron chi connectivity index (χ1n) is 11.7. The third kappa shape index (κ3) is 4.89. The van der Waals surface area contributed by atoms with E-state index in [0.717, 1.165) is 44.3 Å². The van der Waals surface area contributed by atoms with Crippen molar-refractivity contribution in [1.29, 1.82) is 0 Å². The predicted molar refractivity (Wildman–Crippen MR) is 136 cm³/mol. The average molecular weight is 486 g/mol. The summed E-state index contributed by atoms with van der Waals surface area (Å²) in [5.41, 5.74) is 6.34. The van der Waals surface area contributed by atoms with Crippen LogP contribution in [0, 0.1) is 11.6 Å². The number of benzene rings is 3. The summed E-state index contributed by atoms with van der Waals surface area (Å²) in [7, 11) is 1.64. The van der Waals surface area contributed by atoms with Crippen LogP contribution in [-0.2, 0) is 16.0 Å². The van der Waals surface area contributed by atoms with Gasteiger partial charge in [-0.2, -0.15) is 5.10 Å². The molecule has 0 N–H and O–H groups in total. The smallest absolute Gasteiger partial charge is 0.123 e. The molecule has 0 unspecified atom stereocenters. The van der Waals surface area contributed by atoms with Crippen LogP contribution in [0.5, 0.6) is 0 Å². The summed E-state index contributed by atoms with van der Waals surface area (Å²) in [6.07, 6.45) is 5.31. The standard InChI is InChI=1S/C29H25F2N3O2/c1-35-16-17-36-15-14-34-27-18-25(20-2-6-23(30)7-3-20)28(22-10-12-32-13-11-22)29(26(27)19-33-34)21-4-8-24(31)9-5-21/h2-13,18-19H,14-17H2,1H3. The van der Waals surface area contributed by atoms with Crippen LogP contribution in [0.4, 0.5) is 8.78 Å². The lowest BCUT2D eigenvalue weighted by Crippen LogP contribution is -2.10. The van der Waals surface area contributed by atoms with Crippen LogP contribution in [0.1, 0.15) is 0 Å². The van der Waals surface area contributed by atoms with E-state index in [1.54, 1.807) is 43.8 Å². The molecule has 0 amide bonds. The van der Waals surface area contributed by atoms with Gasteiger partial charge in [0.05, 0.1) is 38.1 Å². The lowest BCUT2D eigenvalue weighted by molar-refractivity contribution is 0.0658. The van der Waals surface area contributed by atoms with E-state index in [4.69, 9.17) is 9.47 Å². The van der Waals surface area contributed by atoms with Crippen molar-refractivity contribution in [2.45, 2.75) is 6.54 Å². The summed E-state index contributed by atoms with van der Waals surface area (Å²) in [6, 6.07) is 18.9. The Hall–Kier alpha value is -3.94. The Morgan fingerprint density at radius 1 is 0.750 bits per heavy atom. The van der Waals surface area contributed by atoms with Crippen molar-refractivity contribution in [2.24, 2.45) is 0 Å². The highest BCUT2D eigenvalue weighted by atomic mass is 19.1. The number of nitrogens with zero attached hydrogens (tertiary/aromatic N) is 3. The average Bonchev–Trinajstić information content (AvgIpc) is 3.31. The summed E-state index contributed by atoms with van der Waals surface area (Å²) in [5.74, 6) is -0.610. The van der Waals surface area contributed by atoms with Crippen molar-refractivity contribution in [2.75, 3.05) is 26.9 Å². The fraction of sp³-hybridized carbons (Fsp3) is 0.172. The molecule has 3 aromatic carbocycles. The number of aromatic nitrogens is 3. The summed E-state index contributed by atoms with van der Waals surface area (Å²) in [6.45, 7) is 2.06. The number of ether oxygens (including phenoxy) is 2. The van der Waals surface area contributed by atoms with Crippen molar-refractivity contribution in [3.05, 3.63) is 97.0 Å². The van der Waals surface area contributed by atoms with Gasteiger partial charge in [-0.05, 0) is 70.3 Å². The lowest BCUT2D eigenvalue weighted by atomic mass is 9.86. The van der Waals surface area contributed by atoms with Gasteiger partial charge >= 0.3 is 0 Å². The van der Waals surface area contributed by atoms with E-state index in [-0.39, 0.29) is 11.6 Å². The van der Waals surface area contributed by atoms with E-state index in [0.29, 0.717) is 26.4 Å². The minimum Gasteiger partial charge on any atom is -0.382 e. The molecular formula is C29H25F2N3O2. The van der Waals surface area contributed by atoms with E-state index in [1.165, 1.54) is 24.3 Å². The van der Waals surface area contributed by atoms with Gasteiger partial charge in [-0.25, -0.2) is 8.78 Å². The van der Waals surface area contributed by atoms with E-state index < -0.39 is 0 Å². The lowest BCUT2D eigenvalue weighted by Gasteiger charge is -2.18. The van der Waals surface area contributed by atoms with E-state index in [1.807, 2.05) is 23.0 Å². The maximum atomic E-state index is 13.9. The van der Waals surface area contributed by atoms with Crippen molar-refractivity contribution in [3.8, 4) is 33.4 Å². The molecule has 5 rings (SSSR count). The van der Waals surface area contributed by atoms with E-state index in [9.17, 15) is 8.78 Å². The first kappa shape index (κ1) is 23.8. The third-order valence-electron chi connectivity index (χ3n) is 6.09. The van der Waals surface area contributed by atoms with Crippen LogP contribution in [0.25, 0.3) is 44.3 Å². The molecule has 0 fully saturated rings. The number of rotatable bonds is 9. The van der Waals surface area contributed by atoms with Crippen LogP contribution in [0.3, 0.4) is 0 Å². The maximum Gasteiger partial charge on any atom is 0.123 e. The second-order valence-electron chi connectivity index (χ2n) is 8.33. The van der Waals surface area contributed by atoms with Crippen molar-refractivity contribution >= 4 is 10.9 Å². The fourth-order valence-corrected chi connectivity index (χ4v) is 4.38. The zero-order chi connectivity index (χ0) is 24.9. The van der Waals surface area contributed by atoms with Crippen LogP contribution < -0.4 is 0 Å². The minimum atomic E-state index is -0.306. The molecule has 0 radical (unpaired) electrons. The number of pyridine rings is 1. The highest BCUT2D eigenvalue weighted by Crippen LogP contribution is 2.44. The minimum absolute atomic E-state index is 0.303. The quantitative estimate of drug-likeness (QED) is 0.228. The number of methoxy groups -OCH3 is 1. The SMILES string of the molecule is COCCOCCn1ncc2c(-c3ccc(F)cc3)c(-c3ccncc3)c(-c3ccc(F)cc3)cc21. The molecule has 5 nitrogen and oxygen atoms in total. The summed E-state index contributed by atoms with van der Waals surface area (Å²) in [5, 5.41) is 5.59. The van der Waals surface area contributed by atoms with Gasteiger partial charge in [0.15, 0.2) is 0 Å². The van der Waals surface area contributed by atoms with Gasteiger partial charge in [-0.1, -0.05) is 24.3 Å². The summed E-state index contributed by atoms with van der Waals surface area (Å²) in [4.78, 5) is 4.18. The van der Waals surface area contributed by atoms with Gasteiger partial charge in [0.25, 0.3) is 0 Å². The van der Waals surface area contributed by atoms with Crippen molar-refractivity contribution in [3.63, 3.8) is 0 Å². The van der Waals surface area contributed by atoms with Gasteiger partial charge in [0, 0.05) is 30.5 Å². The first-order valence-corrected chi connectivity index (χ1v) is 11.7.